The van der Waals surface area contributed by atoms with Crippen molar-refractivity contribution in [3.63, 3.8) is 0 Å². The van der Waals surface area contributed by atoms with Gasteiger partial charge in [0, 0.05) is 13.3 Å². The molecule has 1 fully saturated rings. The first-order chi connectivity index (χ1) is 9.18. The molecule has 0 amide bonds. The van der Waals surface area contributed by atoms with Crippen LogP contribution in [0.4, 0.5) is 0 Å². The second-order valence-electron chi connectivity index (χ2n) is 5.28. The molecule has 112 valence electrons. The van der Waals surface area contributed by atoms with Crippen molar-refractivity contribution in [2.24, 2.45) is 0 Å². The predicted octanol–water partition coefficient (Wildman–Crippen LogP) is 3.43. The van der Waals surface area contributed by atoms with Crippen LogP contribution in [0.15, 0.2) is 0 Å². The van der Waals surface area contributed by atoms with Crippen molar-refractivity contribution in [1.29, 1.82) is 0 Å². The van der Waals surface area contributed by atoms with E-state index < -0.39 is 5.79 Å². The Labute approximate surface area is 116 Å². The van der Waals surface area contributed by atoms with Crippen LogP contribution in [0.1, 0.15) is 65.2 Å². The van der Waals surface area contributed by atoms with Gasteiger partial charge in [0.1, 0.15) is 6.61 Å². The van der Waals surface area contributed by atoms with Gasteiger partial charge in [-0.05, 0) is 6.42 Å². The lowest BCUT2D eigenvalue weighted by Crippen LogP contribution is -2.46. The summed E-state index contributed by atoms with van der Waals surface area (Å²) < 4.78 is 16.4. The molecule has 0 bridgehead atoms. The molecule has 0 aromatic rings. The maximum absolute atomic E-state index is 11.2. The molecule has 1 aliphatic heterocycles. The molecular formula is C15H28O4. The summed E-state index contributed by atoms with van der Waals surface area (Å²) in [6.07, 6.45) is 9.39. The molecular weight excluding hydrogens is 244 g/mol. The summed E-state index contributed by atoms with van der Waals surface area (Å²) in [5.41, 5.74) is 0. The van der Waals surface area contributed by atoms with Crippen molar-refractivity contribution < 1.29 is 19.0 Å². The number of carbonyl (C=O) groups excluding carboxylic acids is 1. The van der Waals surface area contributed by atoms with E-state index in [1.807, 2.05) is 0 Å². The number of hydrogen-bond donors (Lipinski definition) is 0. The third kappa shape index (κ3) is 6.92. The van der Waals surface area contributed by atoms with E-state index in [2.05, 4.69) is 6.92 Å². The molecule has 1 saturated heterocycles. The van der Waals surface area contributed by atoms with Crippen molar-refractivity contribution in [1.82, 2.24) is 0 Å². The Balaban J connectivity index is 2.19. The first-order valence-corrected chi connectivity index (χ1v) is 7.60. The zero-order valence-electron chi connectivity index (χ0n) is 12.4. The Morgan fingerprint density at radius 3 is 2.37 bits per heavy atom. The Hall–Kier alpha value is -0.610. The molecule has 1 aliphatic rings. The van der Waals surface area contributed by atoms with Gasteiger partial charge < -0.3 is 14.2 Å². The fraction of sp³-hybridized carbons (Fsp3) is 0.933. The van der Waals surface area contributed by atoms with Crippen LogP contribution in [0.25, 0.3) is 0 Å². The van der Waals surface area contributed by atoms with Crippen LogP contribution < -0.4 is 0 Å². The van der Waals surface area contributed by atoms with E-state index in [1.165, 1.54) is 39.0 Å². The Bertz CT molecular complexity index is 247. The number of esters is 1. The summed E-state index contributed by atoms with van der Waals surface area (Å²) in [4.78, 5) is 11.2. The van der Waals surface area contributed by atoms with Gasteiger partial charge in [-0.15, -0.1) is 0 Å². The van der Waals surface area contributed by atoms with Crippen molar-refractivity contribution in [2.45, 2.75) is 71.0 Å². The lowest BCUT2D eigenvalue weighted by atomic mass is 10.0. The summed E-state index contributed by atoms with van der Waals surface area (Å²) in [6, 6.07) is 0. The molecule has 1 unspecified atom stereocenters. The Morgan fingerprint density at radius 1 is 1.11 bits per heavy atom. The van der Waals surface area contributed by atoms with Crippen LogP contribution in [0.3, 0.4) is 0 Å². The average molecular weight is 272 g/mol. The van der Waals surface area contributed by atoms with E-state index in [1.54, 1.807) is 0 Å². The lowest BCUT2D eigenvalue weighted by Gasteiger charge is -2.36. The second kappa shape index (κ2) is 9.32. The smallest absolute Gasteiger partial charge is 0.305 e. The highest BCUT2D eigenvalue weighted by atomic mass is 16.7. The normalized spacial score (nSPS) is 23.3. The van der Waals surface area contributed by atoms with Crippen molar-refractivity contribution in [3.8, 4) is 0 Å². The minimum Gasteiger partial charge on any atom is -0.431 e. The highest BCUT2D eigenvalue weighted by Crippen LogP contribution is 2.25. The average Bonchev–Trinajstić information content (AvgIpc) is 2.38. The molecule has 4 nitrogen and oxygen atoms in total. The van der Waals surface area contributed by atoms with Gasteiger partial charge in [-0.2, -0.15) is 0 Å². The van der Waals surface area contributed by atoms with Crippen LogP contribution in [-0.2, 0) is 19.0 Å². The predicted molar refractivity (Wildman–Crippen MR) is 73.9 cm³/mol. The van der Waals surface area contributed by atoms with Crippen LogP contribution in [0.5, 0.6) is 0 Å². The first kappa shape index (κ1) is 16.4. The monoisotopic (exact) mass is 272 g/mol. The summed E-state index contributed by atoms with van der Waals surface area (Å²) in [6.45, 7) is 5.10. The molecule has 1 atom stereocenters. The van der Waals surface area contributed by atoms with Gasteiger partial charge in [0.15, 0.2) is 0 Å². The van der Waals surface area contributed by atoms with Crippen LogP contribution in [-0.4, -0.2) is 31.6 Å². The fourth-order valence-electron chi connectivity index (χ4n) is 2.42. The molecule has 0 spiro atoms. The maximum Gasteiger partial charge on any atom is 0.305 e. The van der Waals surface area contributed by atoms with E-state index >= 15 is 0 Å². The van der Waals surface area contributed by atoms with Gasteiger partial charge in [0.25, 0.3) is 0 Å². The number of ether oxygens (including phenoxy) is 3. The van der Waals surface area contributed by atoms with Crippen LogP contribution >= 0.6 is 0 Å². The molecule has 0 radical (unpaired) electrons. The summed E-state index contributed by atoms with van der Waals surface area (Å²) >= 11 is 0. The lowest BCUT2D eigenvalue weighted by molar-refractivity contribution is -0.282. The molecule has 0 aliphatic carbocycles. The van der Waals surface area contributed by atoms with Crippen molar-refractivity contribution >= 4 is 5.97 Å². The molecule has 0 aromatic carbocycles. The maximum atomic E-state index is 11.2. The van der Waals surface area contributed by atoms with E-state index in [0.29, 0.717) is 19.8 Å². The van der Waals surface area contributed by atoms with Gasteiger partial charge >= 0.3 is 5.97 Å². The molecule has 1 heterocycles. The summed E-state index contributed by atoms with van der Waals surface area (Å²) in [5.74, 6) is -1.12. The molecule has 4 heteroatoms. The van der Waals surface area contributed by atoms with Gasteiger partial charge in [-0.25, -0.2) is 0 Å². The van der Waals surface area contributed by atoms with E-state index in [-0.39, 0.29) is 5.97 Å². The topological polar surface area (TPSA) is 44.8 Å². The van der Waals surface area contributed by atoms with E-state index in [4.69, 9.17) is 14.2 Å². The number of rotatable bonds is 9. The molecule has 1 rings (SSSR count). The Kier molecular flexibility index (Phi) is 8.07. The molecule has 19 heavy (non-hydrogen) atoms. The number of carbonyl (C=O) groups is 1. The van der Waals surface area contributed by atoms with Crippen LogP contribution in [0.2, 0.25) is 0 Å². The Morgan fingerprint density at radius 2 is 1.79 bits per heavy atom. The highest BCUT2D eigenvalue weighted by molar-refractivity contribution is 5.66. The fourth-order valence-corrected chi connectivity index (χ4v) is 2.42. The van der Waals surface area contributed by atoms with Gasteiger partial charge in [-0.3, -0.25) is 4.79 Å². The number of unbranched alkanes of at least 4 members (excludes halogenated alkanes) is 6. The standard InChI is InChI=1S/C15H28O4/c1-3-4-5-6-7-8-9-10-15(19-14(2)16)13-17-11-12-18-15/h3-13H2,1-2H3. The van der Waals surface area contributed by atoms with Crippen molar-refractivity contribution in [2.75, 3.05) is 19.8 Å². The highest BCUT2D eigenvalue weighted by Gasteiger charge is 2.36. The quantitative estimate of drug-likeness (QED) is 0.476. The second-order valence-corrected chi connectivity index (χ2v) is 5.28. The third-order valence-corrected chi connectivity index (χ3v) is 3.41. The zero-order valence-corrected chi connectivity index (χ0v) is 12.4. The third-order valence-electron chi connectivity index (χ3n) is 3.41. The minimum absolute atomic E-state index is 0.298. The van der Waals surface area contributed by atoms with Gasteiger partial charge in [0.05, 0.1) is 13.2 Å². The van der Waals surface area contributed by atoms with Crippen LogP contribution in [0, 0.1) is 0 Å². The van der Waals surface area contributed by atoms with Gasteiger partial charge in [-0.1, -0.05) is 45.4 Å². The van der Waals surface area contributed by atoms with Crippen molar-refractivity contribution in [3.05, 3.63) is 0 Å². The summed E-state index contributed by atoms with van der Waals surface area (Å²) in [5, 5.41) is 0. The molecule has 0 aromatic heterocycles. The van der Waals surface area contributed by atoms with Gasteiger partial charge in [0.2, 0.25) is 5.79 Å². The molecule has 0 saturated carbocycles. The largest absolute Gasteiger partial charge is 0.431 e. The number of hydrogen-bond acceptors (Lipinski definition) is 4. The van der Waals surface area contributed by atoms with E-state index in [0.717, 1.165) is 19.3 Å². The summed E-state index contributed by atoms with van der Waals surface area (Å²) in [7, 11) is 0. The first-order valence-electron chi connectivity index (χ1n) is 7.60. The molecule has 0 N–H and O–H groups in total. The minimum atomic E-state index is -0.826. The van der Waals surface area contributed by atoms with E-state index in [9.17, 15) is 4.79 Å². The SMILES string of the molecule is CCCCCCCCCC1(OC(C)=O)COCCO1. The zero-order chi connectivity index (χ0) is 14.0.